The number of amides is 2. The van der Waals surface area contributed by atoms with E-state index in [1.165, 1.54) is 32.4 Å². The number of urea groups is 1. The van der Waals surface area contributed by atoms with E-state index in [0.717, 1.165) is 36.6 Å². The van der Waals surface area contributed by atoms with Gasteiger partial charge < -0.3 is 10.2 Å². The third kappa shape index (κ3) is 4.48. The van der Waals surface area contributed by atoms with Crippen molar-refractivity contribution in [2.75, 3.05) is 32.7 Å². The first-order chi connectivity index (χ1) is 11.6. The molecule has 2 fully saturated rings. The molecule has 1 atom stereocenters. The molecule has 3 rings (SSSR count). The van der Waals surface area contributed by atoms with E-state index < -0.39 is 0 Å². The molecule has 3 heterocycles. The molecule has 0 unspecified atom stereocenters. The summed E-state index contributed by atoms with van der Waals surface area (Å²) in [5.41, 5.74) is 1.16. The number of aromatic nitrogens is 1. The molecule has 0 bridgehead atoms. The van der Waals surface area contributed by atoms with Gasteiger partial charge in [-0.15, -0.1) is 11.3 Å². The van der Waals surface area contributed by atoms with Gasteiger partial charge in [-0.05, 0) is 38.3 Å². The fourth-order valence-corrected chi connectivity index (χ4v) is 4.56. The zero-order valence-corrected chi connectivity index (χ0v) is 15.8. The summed E-state index contributed by atoms with van der Waals surface area (Å²) in [5.74, 6) is 0.473. The summed E-state index contributed by atoms with van der Waals surface area (Å²) in [6.45, 7) is 9.20. The van der Waals surface area contributed by atoms with Crippen LogP contribution in [0.15, 0.2) is 5.38 Å². The molecule has 0 saturated carbocycles. The van der Waals surface area contributed by atoms with Gasteiger partial charge >= 0.3 is 6.03 Å². The normalized spacial score (nSPS) is 22.3. The van der Waals surface area contributed by atoms with Crippen LogP contribution < -0.4 is 5.32 Å². The van der Waals surface area contributed by atoms with Crippen LogP contribution in [0.1, 0.15) is 56.2 Å². The molecule has 1 aromatic heterocycles. The van der Waals surface area contributed by atoms with Gasteiger partial charge in [-0.3, -0.25) is 4.90 Å². The van der Waals surface area contributed by atoms with Gasteiger partial charge in [0.15, 0.2) is 0 Å². The Morgan fingerprint density at radius 1 is 1.33 bits per heavy atom. The maximum atomic E-state index is 12.4. The van der Waals surface area contributed by atoms with Crippen molar-refractivity contribution in [2.45, 2.75) is 57.9 Å². The van der Waals surface area contributed by atoms with Crippen LogP contribution in [0.2, 0.25) is 0 Å². The summed E-state index contributed by atoms with van der Waals surface area (Å²) >= 11 is 1.70. The van der Waals surface area contributed by atoms with Crippen molar-refractivity contribution in [3.05, 3.63) is 16.1 Å². The Balaban J connectivity index is 1.39. The van der Waals surface area contributed by atoms with Crippen LogP contribution in [0.5, 0.6) is 0 Å². The summed E-state index contributed by atoms with van der Waals surface area (Å²) in [5, 5.41) is 6.32. The number of nitrogens with one attached hydrogen (secondary N) is 1. The second-order valence-electron chi connectivity index (χ2n) is 7.29. The lowest BCUT2D eigenvalue weighted by Crippen LogP contribution is -2.44. The molecule has 5 nitrogen and oxygen atoms in total. The Morgan fingerprint density at radius 2 is 2.12 bits per heavy atom. The van der Waals surface area contributed by atoms with Gasteiger partial charge in [-0.2, -0.15) is 0 Å². The molecular formula is C18H30N4OS. The Morgan fingerprint density at radius 3 is 2.83 bits per heavy atom. The highest BCUT2D eigenvalue weighted by Gasteiger charge is 2.30. The number of carbonyl (C=O) groups is 1. The van der Waals surface area contributed by atoms with Crippen molar-refractivity contribution in [3.63, 3.8) is 0 Å². The number of nitrogens with zero attached hydrogens (tertiary/aromatic N) is 3. The number of likely N-dealkylation sites (tertiary alicyclic amines) is 2. The van der Waals surface area contributed by atoms with Crippen LogP contribution in [-0.2, 0) is 6.42 Å². The highest BCUT2D eigenvalue weighted by atomic mass is 32.1. The Labute approximate surface area is 149 Å². The van der Waals surface area contributed by atoms with E-state index in [1.807, 2.05) is 4.90 Å². The molecule has 134 valence electrons. The van der Waals surface area contributed by atoms with Crippen LogP contribution in [0.3, 0.4) is 0 Å². The van der Waals surface area contributed by atoms with Gasteiger partial charge in [0, 0.05) is 37.5 Å². The van der Waals surface area contributed by atoms with Gasteiger partial charge in [-0.25, -0.2) is 9.78 Å². The van der Waals surface area contributed by atoms with E-state index in [2.05, 4.69) is 34.4 Å². The molecule has 0 spiro atoms. The number of piperidine rings is 1. The highest BCUT2D eigenvalue weighted by molar-refractivity contribution is 7.09. The minimum Gasteiger partial charge on any atom is -0.338 e. The first kappa shape index (κ1) is 17.7. The zero-order chi connectivity index (χ0) is 16.9. The fourth-order valence-electron chi connectivity index (χ4n) is 3.60. The predicted octanol–water partition coefficient (Wildman–Crippen LogP) is 3.08. The molecule has 6 heteroatoms. The van der Waals surface area contributed by atoms with E-state index in [-0.39, 0.29) is 6.03 Å². The number of rotatable bonds is 5. The van der Waals surface area contributed by atoms with Crippen molar-refractivity contribution in [1.29, 1.82) is 0 Å². The molecule has 0 aromatic carbocycles. The van der Waals surface area contributed by atoms with Crippen LogP contribution in [-0.4, -0.2) is 59.6 Å². The monoisotopic (exact) mass is 350 g/mol. The van der Waals surface area contributed by atoms with Crippen LogP contribution in [0.4, 0.5) is 4.79 Å². The van der Waals surface area contributed by atoms with Crippen molar-refractivity contribution in [3.8, 4) is 0 Å². The summed E-state index contributed by atoms with van der Waals surface area (Å²) in [4.78, 5) is 21.6. The second-order valence-corrected chi connectivity index (χ2v) is 8.23. The third-order valence-corrected chi connectivity index (χ3v) is 6.06. The zero-order valence-electron chi connectivity index (χ0n) is 15.0. The van der Waals surface area contributed by atoms with E-state index in [4.69, 9.17) is 0 Å². The molecule has 0 radical (unpaired) electrons. The number of hydrogen-bond donors (Lipinski definition) is 1. The molecule has 2 aliphatic rings. The lowest BCUT2D eigenvalue weighted by Gasteiger charge is -2.32. The first-order valence-corrected chi connectivity index (χ1v) is 10.2. The van der Waals surface area contributed by atoms with E-state index >= 15 is 0 Å². The van der Waals surface area contributed by atoms with Crippen molar-refractivity contribution in [1.82, 2.24) is 20.1 Å². The van der Waals surface area contributed by atoms with Gasteiger partial charge in [0.1, 0.15) is 0 Å². The molecular weight excluding hydrogens is 320 g/mol. The summed E-state index contributed by atoms with van der Waals surface area (Å²) in [7, 11) is 0. The fraction of sp³-hybridized carbons (Fsp3) is 0.778. The van der Waals surface area contributed by atoms with Crippen LogP contribution in [0.25, 0.3) is 0 Å². The number of hydrogen-bond acceptors (Lipinski definition) is 4. The summed E-state index contributed by atoms with van der Waals surface area (Å²) in [6.07, 6.45) is 5.94. The molecule has 24 heavy (non-hydrogen) atoms. The third-order valence-electron chi connectivity index (χ3n) is 5.13. The molecule has 2 amide bonds. The maximum absolute atomic E-state index is 12.4. The van der Waals surface area contributed by atoms with Crippen molar-refractivity contribution in [2.24, 2.45) is 0 Å². The van der Waals surface area contributed by atoms with Crippen molar-refractivity contribution < 1.29 is 4.79 Å². The highest BCUT2D eigenvalue weighted by Crippen LogP contribution is 2.20. The number of carbonyl (C=O) groups excluding carboxylic acids is 1. The second kappa shape index (κ2) is 8.30. The minimum atomic E-state index is 0.0927. The smallest absolute Gasteiger partial charge is 0.317 e. The van der Waals surface area contributed by atoms with Gasteiger partial charge in [-0.1, -0.05) is 20.3 Å². The molecule has 0 aliphatic carbocycles. The number of thiazole rings is 1. The Bertz CT molecular complexity index is 539. The maximum Gasteiger partial charge on any atom is 0.317 e. The average Bonchev–Trinajstić information content (AvgIpc) is 3.25. The summed E-state index contributed by atoms with van der Waals surface area (Å²) < 4.78 is 0. The van der Waals surface area contributed by atoms with Crippen molar-refractivity contribution >= 4 is 17.4 Å². The lowest BCUT2D eigenvalue weighted by molar-refractivity contribution is 0.161. The topological polar surface area (TPSA) is 48.5 Å². The van der Waals surface area contributed by atoms with E-state index in [9.17, 15) is 4.79 Å². The standard InChI is InChI=1S/C18H30N4OS/c1-14(2)16-13-24-17(20-16)6-8-19-18(23)22-11-7-15(12-22)21-9-4-3-5-10-21/h13-15H,3-12H2,1-2H3,(H,19,23)/t15-/m0/s1. The molecule has 2 aliphatic heterocycles. The van der Waals surface area contributed by atoms with E-state index in [1.54, 1.807) is 11.3 Å². The average molecular weight is 351 g/mol. The first-order valence-electron chi connectivity index (χ1n) is 9.34. The molecule has 1 N–H and O–H groups in total. The van der Waals surface area contributed by atoms with Gasteiger partial charge in [0.25, 0.3) is 0 Å². The van der Waals surface area contributed by atoms with Gasteiger partial charge in [0.2, 0.25) is 0 Å². The van der Waals surface area contributed by atoms with Crippen LogP contribution in [0, 0.1) is 0 Å². The Kier molecular flexibility index (Phi) is 6.11. The van der Waals surface area contributed by atoms with Gasteiger partial charge in [0.05, 0.1) is 10.7 Å². The Hall–Kier alpha value is -1.14. The molecule has 2 saturated heterocycles. The predicted molar refractivity (Wildman–Crippen MR) is 98.7 cm³/mol. The quantitative estimate of drug-likeness (QED) is 0.888. The van der Waals surface area contributed by atoms with Crippen LogP contribution >= 0.6 is 11.3 Å². The lowest BCUT2D eigenvalue weighted by atomic mass is 10.1. The minimum absolute atomic E-state index is 0.0927. The largest absolute Gasteiger partial charge is 0.338 e. The van der Waals surface area contributed by atoms with E-state index in [0.29, 0.717) is 18.5 Å². The summed E-state index contributed by atoms with van der Waals surface area (Å²) in [6, 6.07) is 0.666. The SMILES string of the molecule is CC(C)c1csc(CCNC(=O)N2CC[C@H](N3CCCCC3)C2)n1. The molecule has 1 aromatic rings.